The van der Waals surface area contributed by atoms with Crippen LogP contribution in [0.2, 0.25) is 0 Å². The Kier molecular flexibility index (Phi) is 2.03. The van der Waals surface area contributed by atoms with Gasteiger partial charge in [-0.1, -0.05) is 0 Å². The zero-order chi connectivity index (χ0) is 11.2. The number of nitrogens with zero attached hydrogens (tertiary/aromatic N) is 1. The van der Waals surface area contributed by atoms with Crippen LogP contribution in [0.25, 0.3) is 5.52 Å². The van der Waals surface area contributed by atoms with Crippen molar-refractivity contribution in [2.75, 3.05) is 5.73 Å². The molecule has 0 aromatic carbocycles. The fourth-order valence-corrected chi connectivity index (χ4v) is 1.83. The highest BCUT2D eigenvalue weighted by atomic mass is 16.1. The number of aryl methyl sites for hydroxylation is 2. The second-order valence-electron chi connectivity index (χ2n) is 3.87. The van der Waals surface area contributed by atoms with Crippen LogP contribution in [0.1, 0.15) is 28.5 Å². The molecular weight excluding hydrogens is 188 g/mol. The molecule has 0 bridgehead atoms. The maximum atomic E-state index is 11.3. The van der Waals surface area contributed by atoms with Gasteiger partial charge in [0.05, 0.1) is 11.2 Å². The largest absolute Gasteiger partial charge is 0.396 e. The number of carbonyl (C=O) groups is 1. The van der Waals surface area contributed by atoms with E-state index >= 15 is 0 Å². The minimum absolute atomic E-state index is 0.00602. The Morgan fingerprint density at radius 1 is 1.40 bits per heavy atom. The van der Waals surface area contributed by atoms with E-state index < -0.39 is 0 Å². The van der Waals surface area contributed by atoms with E-state index in [1.807, 2.05) is 30.5 Å². The Hall–Kier alpha value is -1.77. The topological polar surface area (TPSA) is 47.5 Å². The third kappa shape index (κ3) is 1.31. The van der Waals surface area contributed by atoms with Crippen LogP contribution in [0, 0.1) is 13.8 Å². The van der Waals surface area contributed by atoms with Gasteiger partial charge in [-0.3, -0.25) is 4.79 Å². The van der Waals surface area contributed by atoms with Crippen LogP contribution in [0.4, 0.5) is 5.69 Å². The van der Waals surface area contributed by atoms with E-state index in [-0.39, 0.29) is 5.78 Å². The van der Waals surface area contributed by atoms with Crippen molar-refractivity contribution in [3.05, 3.63) is 35.2 Å². The predicted molar refractivity (Wildman–Crippen MR) is 61.3 cm³/mol. The maximum Gasteiger partial charge on any atom is 0.162 e. The van der Waals surface area contributed by atoms with Gasteiger partial charge in [-0.15, -0.1) is 0 Å². The molecule has 0 radical (unpaired) electrons. The molecule has 0 fully saturated rings. The van der Waals surface area contributed by atoms with E-state index in [2.05, 4.69) is 0 Å². The molecule has 2 aromatic heterocycles. The van der Waals surface area contributed by atoms with Gasteiger partial charge in [0.25, 0.3) is 0 Å². The first kappa shape index (κ1) is 9.77. The van der Waals surface area contributed by atoms with Crippen LogP contribution in [0.15, 0.2) is 18.3 Å². The Balaban J connectivity index is 2.85. The number of carbonyl (C=O) groups excluding carboxylic acids is 1. The molecule has 2 rings (SSSR count). The molecule has 0 aliphatic carbocycles. The highest BCUT2D eigenvalue weighted by molar-refractivity contribution is 6.02. The quantitative estimate of drug-likeness (QED) is 0.721. The molecule has 0 aliphatic heterocycles. The number of rotatable bonds is 1. The molecule has 0 saturated carbocycles. The SMILES string of the molecule is CC(=O)c1ccn2c(C)c(C)cc2c1N. The summed E-state index contributed by atoms with van der Waals surface area (Å²) in [5.74, 6) is 0.00602. The van der Waals surface area contributed by atoms with E-state index in [0.29, 0.717) is 11.3 Å². The maximum absolute atomic E-state index is 11.3. The number of hydrogen-bond donors (Lipinski definition) is 1. The van der Waals surface area contributed by atoms with Crippen LogP contribution in [0.5, 0.6) is 0 Å². The molecule has 78 valence electrons. The summed E-state index contributed by atoms with van der Waals surface area (Å²) < 4.78 is 2.01. The molecule has 3 nitrogen and oxygen atoms in total. The number of Topliss-reactive ketones (excluding diaryl/α,β-unsaturated/α-hetero) is 1. The Morgan fingerprint density at radius 2 is 2.07 bits per heavy atom. The zero-order valence-electron chi connectivity index (χ0n) is 9.16. The lowest BCUT2D eigenvalue weighted by Gasteiger charge is -2.05. The van der Waals surface area contributed by atoms with E-state index in [9.17, 15) is 4.79 Å². The van der Waals surface area contributed by atoms with E-state index in [1.54, 1.807) is 6.07 Å². The molecule has 0 unspecified atom stereocenters. The summed E-state index contributed by atoms with van der Waals surface area (Å²) in [4.78, 5) is 11.3. The lowest BCUT2D eigenvalue weighted by atomic mass is 10.1. The van der Waals surface area contributed by atoms with Crippen LogP contribution in [-0.2, 0) is 0 Å². The van der Waals surface area contributed by atoms with Crippen LogP contribution in [0.3, 0.4) is 0 Å². The standard InChI is InChI=1S/C12H14N2O/c1-7-6-11-12(13)10(9(3)15)4-5-14(11)8(7)2/h4-6H,13H2,1-3H3. The highest BCUT2D eigenvalue weighted by Gasteiger charge is 2.11. The van der Waals surface area contributed by atoms with Gasteiger partial charge in [-0.2, -0.15) is 0 Å². The summed E-state index contributed by atoms with van der Waals surface area (Å²) in [5.41, 5.74) is 10.4. The van der Waals surface area contributed by atoms with Crippen molar-refractivity contribution < 1.29 is 4.79 Å². The molecule has 15 heavy (non-hydrogen) atoms. The number of aromatic nitrogens is 1. The van der Waals surface area contributed by atoms with Gasteiger partial charge < -0.3 is 10.1 Å². The monoisotopic (exact) mass is 202 g/mol. The molecule has 0 spiro atoms. The summed E-state index contributed by atoms with van der Waals surface area (Å²) in [6.45, 7) is 5.61. The Bertz CT molecular complexity index is 552. The first-order valence-electron chi connectivity index (χ1n) is 4.90. The fourth-order valence-electron chi connectivity index (χ4n) is 1.83. The number of nitrogens with two attached hydrogens (primary N) is 1. The fraction of sp³-hybridized carbons (Fsp3) is 0.250. The van der Waals surface area contributed by atoms with Gasteiger partial charge in [0, 0.05) is 17.5 Å². The third-order valence-electron chi connectivity index (χ3n) is 2.88. The lowest BCUT2D eigenvalue weighted by molar-refractivity contribution is 0.101. The lowest BCUT2D eigenvalue weighted by Crippen LogP contribution is -2.02. The van der Waals surface area contributed by atoms with Gasteiger partial charge in [0.15, 0.2) is 5.78 Å². The molecule has 2 heterocycles. The second-order valence-corrected chi connectivity index (χ2v) is 3.87. The average Bonchev–Trinajstić information content (AvgIpc) is 2.45. The second kappa shape index (κ2) is 3.12. The minimum atomic E-state index is 0.00602. The van der Waals surface area contributed by atoms with Crippen molar-refractivity contribution in [3.8, 4) is 0 Å². The van der Waals surface area contributed by atoms with Crippen LogP contribution < -0.4 is 5.73 Å². The average molecular weight is 202 g/mol. The molecule has 2 aromatic rings. The summed E-state index contributed by atoms with van der Waals surface area (Å²) in [6, 6.07) is 3.79. The summed E-state index contributed by atoms with van der Waals surface area (Å²) >= 11 is 0. The molecule has 0 aliphatic rings. The van der Waals surface area contributed by atoms with Crippen LogP contribution in [-0.4, -0.2) is 10.2 Å². The third-order valence-corrected chi connectivity index (χ3v) is 2.88. The molecular formula is C12H14N2O. The number of pyridine rings is 1. The molecule has 3 heteroatoms. The van der Waals surface area contributed by atoms with Crippen molar-refractivity contribution in [3.63, 3.8) is 0 Å². The van der Waals surface area contributed by atoms with Crippen molar-refractivity contribution in [2.24, 2.45) is 0 Å². The number of nitrogen functional groups attached to an aromatic ring is 1. The van der Waals surface area contributed by atoms with E-state index in [0.717, 1.165) is 11.2 Å². The zero-order valence-corrected chi connectivity index (χ0v) is 9.16. The molecule has 0 atom stereocenters. The summed E-state index contributed by atoms with van der Waals surface area (Å²) in [6.07, 6.45) is 1.89. The number of anilines is 1. The Labute approximate surface area is 88.5 Å². The number of hydrogen-bond acceptors (Lipinski definition) is 2. The van der Waals surface area contributed by atoms with Crippen LogP contribution >= 0.6 is 0 Å². The first-order chi connectivity index (χ1) is 7.02. The van der Waals surface area contributed by atoms with Crippen molar-refractivity contribution in [1.82, 2.24) is 4.40 Å². The van der Waals surface area contributed by atoms with Gasteiger partial charge in [-0.25, -0.2) is 0 Å². The first-order valence-corrected chi connectivity index (χ1v) is 4.90. The molecule has 0 amide bonds. The molecule has 2 N–H and O–H groups in total. The van der Waals surface area contributed by atoms with Crippen molar-refractivity contribution >= 4 is 17.0 Å². The highest BCUT2D eigenvalue weighted by Crippen LogP contribution is 2.24. The van der Waals surface area contributed by atoms with Crippen molar-refractivity contribution in [2.45, 2.75) is 20.8 Å². The predicted octanol–water partition coefficient (Wildman–Crippen LogP) is 2.34. The number of fused-ring (bicyclic) bond motifs is 1. The summed E-state index contributed by atoms with van der Waals surface area (Å²) in [5, 5.41) is 0. The number of ketones is 1. The minimum Gasteiger partial charge on any atom is -0.396 e. The molecule has 0 saturated heterocycles. The smallest absolute Gasteiger partial charge is 0.162 e. The summed E-state index contributed by atoms with van der Waals surface area (Å²) in [7, 11) is 0. The Morgan fingerprint density at radius 3 is 2.67 bits per heavy atom. The van der Waals surface area contributed by atoms with E-state index in [4.69, 9.17) is 5.73 Å². The van der Waals surface area contributed by atoms with Gasteiger partial charge in [0.2, 0.25) is 0 Å². The van der Waals surface area contributed by atoms with Gasteiger partial charge >= 0.3 is 0 Å². The van der Waals surface area contributed by atoms with Gasteiger partial charge in [-0.05, 0) is 38.5 Å². The normalized spacial score (nSPS) is 10.9. The van der Waals surface area contributed by atoms with E-state index in [1.165, 1.54) is 12.5 Å². The van der Waals surface area contributed by atoms with Gasteiger partial charge in [0.1, 0.15) is 0 Å². The van der Waals surface area contributed by atoms with Crippen molar-refractivity contribution in [1.29, 1.82) is 0 Å².